The van der Waals surface area contributed by atoms with Gasteiger partial charge in [0.2, 0.25) is 0 Å². The van der Waals surface area contributed by atoms with Crippen LogP contribution in [0.1, 0.15) is 87.0 Å². The Labute approximate surface area is 140 Å². The van der Waals surface area contributed by atoms with Crippen molar-refractivity contribution < 1.29 is 5.11 Å². The second-order valence-electron chi connectivity index (χ2n) is 8.27. The molecule has 0 radical (unpaired) electrons. The first kappa shape index (κ1) is 21.5. The Morgan fingerprint density at radius 2 is 1.41 bits per heavy atom. The van der Waals surface area contributed by atoms with Crippen LogP contribution in [0.2, 0.25) is 0 Å². The highest BCUT2D eigenvalue weighted by Crippen LogP contribution is 2.29. The third-order valence-electron chi connectivity index (χ3n) is 5.65. The zero-order valence-corrected chi connectivity index (χ0v) is 16.2. The molecular formula is C21H40O. The Kier molecular flexibility index (Phi) is 10.1. The summed E-state index contributed by atoms with van der Waals surface area (Å²) in [6, 6.07) is 0. The predicted octanol–water partition coefficient (Wildman–Crippen LogP) is 5.91. The van der Waals surface area contributed by atoms with E-state index >= 15 is 0 Å². The van der Waals surface area contributed by atoms with Crippen molar-refractivity contribution in [3.05, 3.63) is 0 Å². The maximum atomic E-state index is 10.4. The van der Waals surface area contributed by atoms with Crippen LogP contribution in [0, 0.1) is 41.9 Å². The minimum absolute atomic E-state index is 0.127. The summed E-state index contributed by atoms with van der Waals surface area (Å²) in [5.74, 6) is 5.81. The van der Waals surface area contributed by atoms with E-state index in [1.807, 2.05) is 13.8 Å². The quantitative estimate of drug-likeness (QED) is 0.470. The molecule has 0 aromatic heterocycles. The Balaban J connectivity index is 4.24. The molecule has 3 atom stereocenters. The summed E-state index contributed by atoms with van der Waals surface area (Å²) in [4.78, 5) is 0. The van der Waals surface area contributed by atoms with Crippen LogP contribution in [0.25, 0.3) is 0 Å². The summed E-state index contributed by atoms with van der Waals surface area (Å²) in [7, 11) is 0. The van der Waals surface area contributed by atoms with Gasteiger partial charge in [-0.05, 0) is 42.4 Å². The van der Waals surface area contributed by atoms with Crippen LogP contribution in [0.4, 0.5) is 0 Å². The summed E-state index contributed by atoms with van der Waals surface area (Å²) < 4.78 is 0. The van der Waals surface area contributed by atoms with Crippen LogP contribution in [-0.4, -0.2) is 10.7 Å². The van der Waals surface area contributed by atoms with Crippen LogP contribution < -0.4 is 0 Å². The maximum absolute atomic E-state index is 10.4. The molecule has 0 aliphatic rings. The minimum atomic E-state index is -0.923. The lowest BCUT2D eigenvalue weighted by molar-refractivity contribution is 0.0403. The lowest BCUT2D eigenvalue weighted by Crippen LogP contribution is -2.33. The SMILES string of the molecule is C#CC(O)(CCCC(CCCC(C)C(C)C)C(C)C)C(C)C. The van der Waals surface area contributed by atoms with Gasteiger partial charge in [-0.25, -0.2) is 0 Å². The molecule has 0 saturated carbocycles. The Morgan fingerprint density at radius 3 is 1.82 bits per heavy atom. The molecule has 0 aliphatic heterocycles. The van der Waals surface area contributed by atoms with E-state index < -0.39 is 5.60 Å². The molecule has 3 unspecified atom stereocenters. The normalized spacial score (nSPS) is 17.5. The fraction of sp³-hybridized carbons (Fsp3) is 0.905. The first-order valence-electron chi connectivity index (χ1n) is 9.34. The third-order valence-corrected chi connectivity index (χ3v) is 5.65. The number of aliphatic hydroxyl groups is 1. The average Bonchev–Trinajstić information content (AvgIpc) is 2.44. The molecule has 0 bridgehead atoms. The standard InChI is InChI=1S/C21H40O/c1-9-21(22,18(6)7)15-11-14-20(17(4)5)13-10-12-19(8)16(2)3/h1,16-20,22H,10-15H2,2-8H3. The van der Waals surface area contributed by atoms with Gasteiger partial charge in [-0.15, -0.1) is 6.42 Å². The van der Waals surface area contributed by atoms with Crippen molar-refractivity contribution in [3.8, 4) is 12.3 Å². The Bertz CT molecular complexity index is 323. The summed E-state index contributed by atoms with van der Waals surface area (Å²) in [5.41, 5.74) is -0.923. The van der Waals surface area contributed by atoms with E-state index in [2.05, 4.69) is 40.5 Å². The average molecular weight is 309 g/mol. The molecule has 0 saturated heterocycles. The lowest BCUT2D eigenvalue weighted by Gasteiger charge is -2.28. The molecule has 0 heterocycles. The van der Waals surface area contributed by atoms with Gasteiger partial charge in [-0.1, -0.05) is 80.1 Å². The van der Waals surface area contributed by atoms with Gasteiger partial charge in [0.1, 0.15) is 5.60 Å². The monoisotopic (exact) mass is 308 g/mol. The minimum Gasteiger partial charge on any atom is -0.377 e. The third kappa shape index (κ3) is 7.68. The van der Waals surface area contributed by atoms with Gasteiger partial charge in [0.15, 0.2) is 0 Å². The highest BCUT2D eigenvalue weighted by atomic mass is 16.3. The van der Waals surface area contributed by atoms with Crippen LogP contribution >= 0.6 is 0 Å². The summed E-state index contributed by atoms with van der Waals surface area (Å²) in [6.07, 6.45) is 12.4. The van der Waals surface area contributed by atoms with Crippen molar-refractivity contribution in [3.63, 3.8) is 0 Å². The van der Waals surface area contributed by atoms with E-state index in [1.165, 1.54) is 25.7 Å². The molecular weight excluding hydrogens is 268 g/mol. The van der Waals surface area contributed by atoms with E-state index in [9.17, 15) is 5.11 Å². The zero-order chi connectivity index (χ0) is 17.3. The van der Waals surface area contributed by atoms with Gasteiger partial charge in [0.25, 0.3) is 0 Å². The Hall–Kier alpha value is -0.480. The van der Waals surface area contributed by atoms with E-state index in [1.54, 1.807) is 0 Å². The van der Waals surface area contributed by atoms with E-state index in [4.69, 9.17) is 6.42 Å². The van der Waals surface area contributed by atoms with Gasteiger partial charge in [-0.2, -0.15) is 0 Å². The molecule has 0 aromatic carbocycles. The fourth-order valence-electron chi connectivity index (χ4n) is 3.01. The van der Waals surface area contributed by atoms with Gasteiger partial charge in [-0.3, -0.25) is 0 Å². The van der Waals surface area contributed by atoms with Crippen LogP contribution in [0.15, 0.2) is 0 Å². The van der Waals surface area contributed by atoms with Gasteiger partial charge in [0.05, 0.1) is 0 Å². The second kappa shape index (κ2) is 10.3. The number of rotatable bonds is 11. The molecule has 1 N–H and O–H groups in total. The van der Waals surface area contributed by atoms with Crippen molar-refractivity contribution in [1.29, 1.82) is 0 Å². The molecule has 0 rings (SSSR count). The number of terminal acetylenes is 1. The van der Waals surface area contributed by atoms with E-state index in [-0.39, 0.29) is 5.92 Å². The van der Waals surface area contributed by atoms with Crippen molar-refractivity contribution in [2.75, 3.05) is 0 Å². The highest BCUT2D eigenvalue weighted by Gasteiger charge is 2.28. The molecule has 1 nitrogen and oxygen atoms in total. The number of hydrogen-bond acceptors (Lipinski definition) is 1. The second-order valence-corrected chi connectivity index (χ2v) is 8.27. The summed E-state index contributed by atoms with van der Waals surface area (Å²) in [5, 5.41) is 10.4. The van der Waals surface area contributed by atoms with Gasteiger partial charge < -0.3 is 5.11 Å². The molecule has 1 heteroatoms. The largest absolute Gasteiger partial charge is 0.377 e. The fourth-order valence-corrected chi connectivity index (χ4v) is 3.01. The smallest absolute Gasteiger partial charge is 0.127 e. The van der Waals surface area contributed by atoms with Crippen molar-refractivity contribution in [1.82, 2.24) is 0 Å². The van der Waals surface area contributed by atoms with Gasteiger partial charge in [0, 0.05) is 0 Å². The van der Waals surface area contributed by atoms with E-state index in [0.29, 0.717) is 5.92 Å². The first-order chi connectivity index (χ1) is 10.1. The predicted molar refractivity (Wildman–Crippen MR) is 98.7 cm³/mol. The molecule has 0 aromatic rings. The highest BCUT2D eigenvalue weighted by molar-refractivity contribution is 5.08. The molecule has 0 fully saturated rings. The number of hydrogen-bond donors (Lipinski definition) is 1. The first-order valence-corrected chi connectivity index (χ1v) is 9.34. The van der Waals surface area contributed by atoms with Crippen LogP contribution in [0.5, 0.6) is 0 Å². The summed E-state index contributed by atoms with van der Waals surface area (Å²) >= 11 is 0. The topological polar surface area (TPSA) is 20.2 Å². The molecule has 0 aliphatic carbocycles. The molecule has 22 heavy (non-hydrogen) atoms. The van der Waals surface area contributed by atoms with Gasteiger partial charge >= 0.3 is 0 Å². The van der Waals surface area contributed by atoms with Crippen molar-refractivity contribution in [2.24, 2.45) is 29.6 Å². The van der Waals surface area contributed by atoms with Crippen LogP contribution in [0.3, 0.4) is 0 Å². The van der Waals surface area contributed by atoms with Crippen LogP contribution in [-0.2, 0) is 0 Å². The lowest BCUT2D eigenvalue weighted by atomic mass is 9.81. The molecule has 130 valence electrons. The molecule has 0 spiro atoms. The van der Waals surface area contributed by atoms with Crippen molar-refractivity contribution >= 4 is 0 Å². The summed E-state index contributed by atoms with van der Waals surface area (Å²) in [6.45, 7) is 15.7. The zero-order valence-electron chi connectivity index (χ0n) is 16.2. The van der Waals surface area contributed by atoms with E-state index in [0.717, 1.165) is 30.6 Å². The van der Waals surface area contributed by atoms with Crippen molar-refractivity contribution in [2.45, 2.75) is 92.6 Å². The maximum Gasteiger partial charge on any atom is 0.127 e. The molecule has 0 amide bonds. The Morgan fingerprint density at radius 1 is 0.864 bits per heavy atom.